The summed E-state index contributed by atoms with van der Waals surface area (Å²) in [6.45, 7) is 2.10. The van der Waals surface area contributed by atoms with Gasteiger partial charge in [0.1, 0.15) is 0 Å². The van der Waals surface area contributed by atoms with Crippen molar-refractivity contribution < 1.29 is 4.79 Å². The van der Waals surface area contributed by atoms with Crippen LogP contribution >= 0.6 is 0 Å². The second-order valence-corrected chi connectivity index (χ2v) is 6.30. The van der Waals surface area contributed by atoms with Crippen LogP contribution in [0, 0.1) is 11.8 Å². The van der Waals surface area contributed by atoms with E-state index in [2.05, 4.69) is 43.0 Å². The normalized spacial score (nSPS) is 10.0. The number of rotatable bonds is 5. The number of hydrogen-bond donors (Lipinski definition) is 0. The Kier molecular flexibility index (Phi) is 6.01. The average molecular weight is 338 g/mol. The van der Waals surface area contributed by atoms with E-state index in [1.165, 1.54) is 11.1 Å². The summed E-state index contributed by atoms with van der Waals surface area (Å²) >= 11 is 0. The third kappa shape index (κ3) is 4.71. The summed E-state index contributed by atoms with van der Waals surface area (Å²) in [6, 6.07) is 26.2. The van der Waals surface area contributed by atoms with E-state index >= 15 is 0 Å². The van der Waals surface area contributed by atoms with Gasteiger partial charge in [-0.25, -0.2) is 0 Å². The van der Waals surface area contributed by atoms with E-state index in [-0.39, 0.29) is 5.78 Å². The van der Waals surface area contributed by atoms with Crippen LogP contribution in [0.5, 0.6) is 0 Å². The minimum Gasteiger partial charge on any atom is -0.294 e. The van der Waals surface area contributed by atoms with E-state index in [0.29, 0.717) is 6.42 Å². The summed E-state index contributed by atoms with van der Waals surface area (Å²) in [7, 11) is 0. The summed E-state index contributed by atoms with van der Waals surface area (Å²) in [6.07, 6.45) is 2.60. The zero-order valence-corrected chi connectivity index (χ0v) is 15.0. The first-order valence-corrected chi connectivity index (χ1v) is 9.07. The molecule has 0 spiro atoms. The SMILES string of the molecule is CCCCC(=O)c1ccc(C#Cc2ccc(-c3ccccc3)cc2)cc1. The Labute approximate surface area is 155 Å². The van der Waals surface area contributed by atoms with Crippen LogP contribution in [0.2, 0.25) is 0 Å². The van der Waals surface area contributed by atoms with Gasteiger partial charge in [0.2, 0.25) is 0 Å². The maximum Gasteiger partial charge on any atom is 0.162 e. The molecule has 128 valence electrons. The number of hydrogen-bond acceptors (Lipinski definition) is 1. The second-order valence-electron chi connectivity index (χ2n) is 6.30. The lowest BCUT2D eigenvalue weighted by Gasteiger charge is -2.01. The molecule has 0 unspecified atom stereocenters. The summed E-state index contributed by atoms with van der Waals surface area (Å²) in [5.41, 5.74) is 5.06. The largest absolute Gasteiger partial charge is 0.294 e. The third-order valence-corrected chi connectivity index (χ3v) is 4.31. The molecule has 1 heteroatoms. The van der Waals surface area contributed by atoms with Gasteiger partial charge in [-0.05, 0) is 41.8 Å². The van der Waals surface area contributed by atoms with E-state index in [4.69, 9.17) is 0 Å². The highest BCUT2D eigenvalue weighted by Gasteiger charge is 2.04. The van der Waals surface area contributed by atoms with Crippen LogP contribution in [-0.4, -0.2) is 5.78 Å². The first-order valence-electron chi connectivity index (χ1n) is 9.07. The Hall–Kier alpha value is -3.11. The van der Waals surface area contributed by atoms with Crippen LogP contribution in [0.4, 0.5) is 0 Å². The van der Waals surface area contributed by atoms with Gasteiger partial charge in [0.15, 0.2) is 5.78 Å². The lowest BCUT2D eigenvalue weighted by Crippen LogP contribution is -1.98. The van der Waals surface area contributed by atoms with Gasteiger partial charge in [-0.1, -0.05) is 79.8 Å². The van der Waals surface area contributed by atoms with Crippen molar-refractivity contribution in [3.05, 3.63) is 95.6 Å². The molecule has 0 radical (unpaired) electrons. The third-order valence-electron chi connectivity index (χ3n) is 4.31. The Morgan fingerprint density at radius 1 is 0.731 bits per heavy atom. The van der Waals surface area contributed by atoms with Gasteiger partial charge in [-0.3, -0.25) is 4.79 Å². The van der Waals surface area contributed by atoms with E-state index in [1.807, 2.05) is 54.6 Å². The molecule has 26 heavy (non-hydrogen) atoms. The number of benzene rings is 3. The molecule has 0 atom stereocenters. The molecular weight excluding hydrogens is 316 g/mol. The Morgan fingerprint density at radius 3 is 1.85 bits per heavy atom. The molecule has 0 saturated carbocycles. The van der Waals surface area contributed by atoms with Gasteiger partial charge in [0.25, 0.3) is 0 Å². The standard InChI is InChI=1S/C25H22O/c1-2-3-9-25(26)24-18-14-21(15-19-24)11-10-20-12-16-23(17-13-20)22-7-5-4-6-8-22/h4-8,12-19H,2-3,9H2,1H3. The fourth-order valence-electron chi connectivity index (χ4n) is 2.74. The van der Waals surface area contributed by atoms with Crippen LogP contribution in [-0.2, 0) is 0 Å². The molecule has 0 saturated heterocycles. The van der Waals surface area contributed by atoms with Gasteiger partial charge >= 0.3 is 0 Å². The topological polar surface area (TPSA) is 17.1 Å². The molecule has 0 aliphatic carbocycles. The van der Waals surface area contributed by atoms with Crippen molar-refractivity contribution in [2.45, 2.75) is 26.2 Å². The van der Waals surface area contributed by atoms with Crippen molar-refractivity contribution >= 4 is 5.78 Å². The van der Waals surface area contributed by atoms with Crippen molar-refractivity contribution in [1.29, 1.82) is 0 Å². The van der Waals surface area contributed by atoms with Crippen molar-refractivity contribution in [1.82, 2.24) is 0 Å². The Balaban J connectivity index is 1.68. The molecule has 3 aromatic rings. The summed E-state index contributed by atoms with van der Waals surface area (Å²) in [5, 5.41) is 0. The predicted octanol–water partition coefficient (Wildman–Crippen LogP) is 6.13. The molecular formula is C25H22O. The molecule has 0 N–H and O–H groups in total. The molecule has 1 nitrogen and oxygen atoms in total. The lowest BCUT2D eigenvalue weighted by molar-refractivity contribution is 0.0980. The summed E-state index contributed by atoms with van der Waals surface area (Å²) < 4.78 is 0. The highest BCUT2D eigenvalue weighted by molar-refractivity contribution is 5.96. The molecule has 0 aliphatic rings. The molecule has 0 amide bonds. The monoisotopic (exact) mass is 338 g/mol. The van der Waals surface area contributed by atoms with E-state index in [9.17, 15) is 4.79 Å². The fraction of sp³-hybridized carbons (Fsp3) is 0.160. The fourth-order valence-corrected chi connectivity index (χ4v) is 2.74. The molecule has 0 aliphatic heterocycles. The lowest BCUT2D eigenvalue weighted by atomic mass is 10.0. The number of ketones is 1. The quantitative estimate of drug-likeness (QED) is 0.404. The Morgan fingerprint density at radius 2 is 1.27 bits per heavy atom. The van der Waals surface area contributed by atoms with Crippen LogP contribution in [0.15, 0.2) is 78.9 Å². The van der Waals surface area contributed by atoms with Crippen LogP contribution in [0.3, 0.4) is 0 Å². The van der Waals surface area contributed by atoms with E-state index < -0.39 is 0 Å². The van der Waals surface area contributed by atoms with Crippen molar-refractivity contribution in [2.75, 3.05) is 0 Å². The van der Waals surface area contributed by atoms with Crippen molar-refractivity contribution in [3.63, 3.8) is 0 Å². The molecule has 0 aromatic heterocycles. The van der Waals surface area contributed by atoms with Crippen LogP contribution in [0.1, 0.15) is 47.7 Å². The van der Waals surface area contributed by atoms with Gasteiger partial charge in [-0.2, -0.15) is 0 Å². The predicted molar refractivity (Wildman–Crippen MR) is 108 cm³/mol. The van der Waals surface area contributed by atoms with Gasteiger partial charge in [0, 0.05) is 23.1 Å². The van der Waals surface area contributed by atoms with Crippen LogP contribution < -0.4 is 0 Å². The number of carbonyl (C=O) groups is 1. The number of Topliss-reactive ketones (excluding diaryl/α,β-unsaturated/α-hetero) is 1. The number of carbonyl (C=O) groups excluding carboxylic acids is 1. The van der Waals surface area contributed by atoms with Crippen LogP contribution in [0.25, 0.3) is 11.1 Å². The zero-order valence-electron chi connectivity index (χ0n) is 15.0. The van der Waals surface area contributed by atoms with Crippen molar-refractivity contribution in [3.8, 4) is 23.0 Å². The molecule has 3 rings (SSSR count). The zero-order chi connectivity index (χ0) is 18.2. The highest BCUT2D eigenvalue weighted by Crippen LogP contribution is 2.19. The first kappa shape index (κ1) is 17.7. The van der Waals surface area contributed by atoms with E-state index in [0.717, 1.165) is 29.5 Å². The van der Waals surface area contributed by atoms with Gasteiger partial charge in [-0.15, -0.1) is 0 Å². The maximum atomic E-state index is 12.0. The molecule has 0 fully saturated rings. The molecule has 3 aromatic carbocycles. The smallest absolute Gasteiger partial charge is 0.162 e. The first-order chi connectivity index (χ1) is 12.8. The highest BCUT2D eigenvalue weighted by atomic mass is 16.1. The van der Waals surface area contributed by atoms with Gasteiger partial charge in [0.05, 0.1) is 0 Å². The minimum absolute atomic E-state index is 0.211. The summed E-state index contributed by atoms with van der Waals surface area (Å²) in [4.78, 5) is 12.0. The Bertz CT molecular complexity index is 908. The average Bonchev–Trinajstić information content (AvgIpc) is 2.72. The maximum absolute atomic E-state index is 12.0. The molecule has 0 bridgehead atoms. The minimum atomic E-state index is 0.211. The molecule has 0 heterocycles. The van der Waals surface area contributed by atoms with Gasteiger partial charge < -0.3 is 0 Å². The second kappa shape index (κ2) is 8.83. The number of unbranched alkanes of at least 4 members (excludes halogenated alkanes) is 1. The van der Waals surface area contributed by atoms with Crippen molar-refractivity contribution in [2.24, 2.45) is 0 Å². The van der Waals surface area contributed by atoms with E-state index in [1.54, 1.807) is 0 Å². The summed E-state index contributed by atoms with van der Waals surface area (Å²) in [5.74, 6) is 6.57.